The molecule has 0 unspecified atom stereocenters. The molecule has 0 fully saturated rings. The summed E-state index contributed by atoms with van der Waals surface area (Å²) in [4.78, 5) is 9.15. The minimum absolute atomic E-state index is 0.733. The number of rotatable bonds is 6. The van der Waals surface area contributed by atoms with Gasteiger partial charge in [0.1, 0.15) is 5.01 Å². The normalized spacial score (nSPS) is 11.6. The molecule has 0 atom stereocenters. The molecule has 0 amide bonds. The van der Waals surface area contributed by atoms with Crippen molar-refractivity contribution in [2.45, 2.75) is 19.9 Å². The second-order valence-corrected chi connectivity index (χ2v) is 8.03. The lowest BCUT2D eigenvalue weighted by Crippen LogP contribution is -2.18. The van der Waals surface area contributed by atoms with Crippen LogP contribution in [-0.2, 0) is 13.0 Å². The van der Waals surface area contributed by atoms with Crippen LogP contribution in [0, 0.1) is 6.92 Å². The summed E-state index contributed by atoms with van der Waals surface area (Å²) in [6, 6.07) is 18.8. The van der Waals surface area contributed by atoms with Crippen molar-refractivity contribution in [3.8, 4) is 11.3 Å². The Morgan fingerprint density at radius 2 is 1.89 bits per heavy atom. The highest BCUT2D eigenvalue weighted by Crippen LogP contribution is 2.26. The van der Waals surface area contributed by atoms with E-state index in [0.29, 0.717) is 0 Å². The molecule has 0 radical (unpaired) electrons. The first-order valence-electron chi connectivity index (χ1n) is 9.46. The number of nitrogens with one attached hydrogen (secondary N) is 2. The van der Waals surface area contributed by atoms with Gasteiger partial charge in [0.25, 0.3) is 0 Å². The Morgan fingerprint density at radius 1 is 1.07 bits per heavy atom. The van der Waals surface area contributed by atoms with Crippen LogP contribution in [-0.4, -0.2) is 26.1 Å². The van der Waals surface area contributed by atoms with Gasteiger partial charge in [0, 0.05) is 29.2 Å². The number of aromatic amines is 1. The summed E-state index contributed by atoms with van der Waals surface area (Å²) in [5.41, 5.74) is 5.79. The van der Waals surface area contributed by atoms with E-state index in [4.69, 9.17) is 4.98 Å². The van der Waals surface area contributed by atoms with Crippen LogP contribution in [0.2, 0.25) is 0 Å². The van der Waals surface area contributed by atoms with Gasteiger partial charge < -0.3 is 10.3 Å². The topological polar surface area (TPSA) is 58.0 Å². The SMILES string of the molecule is Cc1nn2c(CNCCc3c[nH]c4ccccc34)c(-c3ccccc3)nc2s1. The number of benzene rings is 2. The Bertz CT molecular complexity index is 1230. The molecule has 0 aliphatic rings. The molecule has 3 heterocycles. The lowest BCUT2D eigenvalue weighted by atomic mass is 10.1. The summed E-state index contributed by atoms with van der Waals surface area (Å²) in [6.45, 7) is 3.65. The molecule has 3 aromatic heterocycles. The molecule has 28 heavy (non-hydrogen) atoms. The molecule has 140 valence electrons. The second kappa shape index (κ2) is 7.22. The average molecular weight is 388 g/mol. The highest BCUT2D eigenvalue weighted by molar-refractivity contribution is 7.16. The summed E-state index contributed by atoms with van der Waals surface area (Å²) in [5, 5.41) is 10.6. The maximum Gasteiger partial charge on any atom is 0.213 e. The van der Waals surface area contributed by atoms with Crippen LogP contribution >= 0.6 is 11.3 Å². The fourth-order valence-electron chi connectivity index (χ4n) is 3.64. The summed E-state index contributed by atoms with van der Waals surface area (Å²) in [7, 11) is 0. The Labute approximate surface area is 167 Å². The predicted molar refractivity (Wildman–Crippen MR) is 115 cm³/mol. The smallest absolute Gasteiger partial charge is 0.213 e. The molecule has 0 aliphatic carbocycles. The molecule has 6 heteroatoms. The van der Waals surface area contributed by atoms with Crippen molar-refractivity contribution in [3.63, 3.8) is 0 Å². The minimum Gasteiger partial charge on any atom is -0.361 e. The number of hydrogen-bond donors (Lipinski definition) is 2. The fourth-order valence-corrected chi connectivity index (χ4v) is 4.40. The third kappa shape index (κ3) is 3.10. The van der Waals surface area contributed by atoms with Crippen molar-refractivity contribution in [2.75, 3.05) is 6.54 Å². The second-order valence-electron chi connectivity index (χ2n) is 6.87. The minimum atomic E-state index is 0.733. The number of para-hydroxylation sites is 1. The van der Waals surface area contributed by atoms with Crippen molar-refractivity contribution < 1.29 is 0 Å². The molecule has 0 saturated heterocycles. The molecule has 0 aliphatic heterocycles. The van der Waals surface area contributed by atoms with Gasteiger partial charge in [0.2, 0.25) is 4.96 Å². The summed E-state index contributed by atoms with van der Waals surface area (Å²) < 4.78 is 1.99. The van der Waals surface area contributed by atoms with Gasteiger partial charge >= 0.3 is 0 Å². The third-order valence-corrected chi connectivity index (χ3v) is 5.81. The van der Waals surface area contributed by atoms with Crippen LogP contribution in [0.4, 0.5) is 0 Å². The number of fused-ring (bicyclic) bond motifs is 2. The molecule has 5 nitrogen and oxygen atoms in total. The number of hydrogen-bond acceptors (Lipinski definition) is 4. The van der Waals surface area contributed by atoms with E-state index in [2.05, 4.69) is 70.1 Å². The van der Waals surface area contributed by atoms with E-state index in [0.717, 1.165) is 46.4 Å². The Balaban J connectivity index is 1.36. The summed E-state index contributed by atoms with van der Waals surface area (Å²) in [5.74, 6) is 0. The lowest BCUT2D eigenvalue weighted by molar-refractivity contribution is 0.662. The highest BCUT2D eigenvalue weighted by atomic mass is 32.1. The highest BCUT2D eigenvalue weighted by Gasteiger charge is 2.16. The van der Waals surface area contributed by atoms with E-state index in [9.17, 15) is 0 Å². The molecule has 2 N–H and O–H groups in total. The number of H-pyrrole nitrogens is 1. The van der Waals surface area contributed by atoms with Crippen molar-refractivity contribution in [2.24, 2.45) is 0 Å². The van der Waals surface area contributed by atoms with Crippen LogP contribution in [0.1, 0.15) is 16.3 Å². The van der Waals surface area contributed by atoms with E-state index >= 15 is 0 Å². The summed E-state index contributed by atoms with van der Waals surface area (Å²) in [6.07, 6.45) is 3.09. The van der Waals surface area contributed by atoms with Crippen LogP contribution in [0.5, 0.6) is 0 Å². The zero-order valence-corrected chi connectivity index (χ0v) is 16.5. The van der Waals surface area contributed by atoms with Gasteiger partial charge in [-0.25, -0.2) is 9.50 Å². The van der Waals surface area contributed by atoms with Gasteiger partial charge in [-0.3, -0.25) is 0 Å². The average Bonchev–Trinajstić information content (AvgIpc) is 3.39. The monoisotopic (exact) mass is 387 g/mol. The lowest BCUT2D eigenvalue weighted by Gasteiger charge is -2.06. The molecule has 0 saturated carbocycles. The first kappa shape index (κ1) is 17.2. The van der Waals surface area contributed by atoms with Gasteiger partial charge in [-0.15, -0.1) is 0 Å². The Hall–Kier alpha value is -2.96. The van der Waals surface area contributed by atoms with E-state index in [-0.39, 0.29) is 0 Å². The number of nitrogens with zero attached hydrogens (tertiary/aromatic N) is 3. The van der Waals surface area contributed by atoms with Crippen LogP contribution < -0.4 is 5.32 Å². The fraction of sp³-hybridized carbons (Fsp3) is 0.182. The summed E-state index contributed by atoms with van der Waals surface area (Å²) >= 11 is 1.63. The van der Waals surface area contributed by atoms with Gasteiger partial charge in [0.05, 0.1) is 11.4 Å². The Morgan fingerprint density at radius 3 is 2.79 bits per heavy atom. The largest absolute Gasteiger partial charge is 0.361 e. The zero-order chi connectivity index (χ0) is 18.9. The van der Waals surface area contributed by atoms with Crippen molar-refractivity contribution >= 4 is 27.2 Å². The van der Waals surface area contributed by atoms with E-state index < -0.39 is 0 Å². The van der Waals surface area contributed by atoms with Crippen LogP contribution in [0.15, 0.2) is 60.8 Å². The van der Waals surface area contributed by atoms with Gasteiger partial charge in [0.15, 0.2) is 0 Å². The van der Waals surface area contributed by atoms with Crippen molar-refractivity contribution in [3.05, 3.63) is 77.1 Å². The van der Waals surface area contributed by atoms with Crippen molar-refractivity contribution in [1.82, 2.24) is 24.9 Å². The number of aryl methyl sites for hydroxylation is 1. The molecule has 5 rings (SSSR count). The predicted octanol–water partition coefficient (Wildman–Crippen LogP) is 4.58. The Kier molecular flexibility index (Phi) is 4.43. The first-order valence-corrected chi connectivity index (χ1v) is 10.3. The molecule has 0 spiro atoms. The van der Waals surface area contributed by atoms with Crippen molar-refractivity contribution in [1.29, 1.82) is 0 Å². The molecule has 5 aromatic rings. The molecule has 2 aromatic carbocycles. The quantitative estimate of drug-likeness (QED) is 0.419. The van der Waals surface area contributed by atoms with E-state index in [1.165, 1.54) is 16.5 Å². The van der Waals surface area contributed by atoms with Gasteiger partial charge in [-0.2, -0.15) is 5.10 Å². The maximum atomic E-state index is 4.85. The first-order chi connectivity index (χ1) is 13.8. The number of aromatic nitrogens is 4. The standard InChI is InChI=1S/C22H21N5S/c1-15-26-27-20(21(25-22(27)28-15)16-7-3-2-4-8-16)14-23-12-11-17-13-24-19-10-6-5-9-18(17)19/h2-10,13,23-24H,11-12,14H2,1H3. The van der Waals surface area contributed by atoms with E-state index in [1.54, 1.807) is 11.3 Å². The van der Waals surface area contributed by atoms with Gasteiger partial charge in [-0.1, -0.05) is 59.9 Å². The molecular weight excluding hydrogens is 366 g/mol. The zero-order valence-electron chi connectivity index (χ0n) is 15.6. The van der Waals surface area contributed by atoms with Crippen LogP contribution in [0.3, 0.4) is 0 Å². The maximum absolute atomic E-state index is 4.85. The third-order valence-electron chi connectivity index (χ3n) is 4.98. The molecule has 0 bridgehead atoms. The number of imidazole rings is 1. The van der Waals surface area contributed by atoms with Gasteiger partial charge in [-0.05, 0) is 31.5 Å². The van der Waals surface area contributed by atoms with E-state index in [1.807, 2.05) is 17.5 Å². The van der Waals surface area contributed by atoms with Crippen LogP contribution in [0.25, 0.3) is 27.1 Å². The molecular formula is C22H21N5S.